The monoisotopic (exact) mass is 517 g/mol. The molecule has 2 aliphatic rings. The second kappa shape index (κ2) is 10.2. The third-order valence-electron chi connectivity index (χ3n) is 6.75. The summed E-state index contributed by atoms with van der Waals surface area (Å²) in [5, 5.41) is 8.47. The average molecular weight is 518 g/mol. The number of nitrogens with zero attached hydrogens (tertiary/aromatic N) is 4. The Kier molecular flexibility index (Phi) is 7.06. The largest absolute Gasteiger partial charge is 0.382 e. The summed E-state index contributed by atoms with van der Waals surface area (Å²) in [6.07, 6.45) is 6.03. The lowest BCUT2D eigenvalue weighted by Crippen LogP contribution is -2.41. The predicted octanol–water partition coefficient (Wildman–Crippen LogP) is 3.31. The molecule has 2 aromatic heterocycles. The molecule has 0 saturated carbocycles. The van der Waals surface area contributed by atoms with Crippen molar-refractivity contribution in [2.75, 3.05) is 38.2 Å². The summed E-state index contributed by atoms with van der Waals surface area (Å²) in [5.74, 6) is 0.381. The van der Waals surface area contributed by atoms with Crippen LogP contribution >= 0.6 is 11.6 Å². The average Bonchev–Trinajstić information content (AvgIpc) is 2.90. The molecule has 3 aromatic rings. The van der Waals surface area contributed by atoms with E-state index in [9.17, 15) is 13.2 Å². The number of sulfonamides is 1. The van der Waals surface area contributed by atoms with E-state index >= 15 is 0 Å². The van der Waals surface area contributed by atoms with Gasteiger partial charge in [0.15, 0.2) is 0 Å². The van der Waals surface area contributed by atoms with Gasteiger partial charge >= 0.3 is 0 Å². The number of hydrogen-bond donors (Lipinski definition) is 1. The molecule has 1 atom stereocenters. The first-order chi connectivity index (χ1) is 16.9. The minimum atomic E-state index is -3.69. The van der Waals surface area contributed by atoms with Crippen LogP contribution in [0.2, 0.25) is 5.02 Å². The second-order valence-corrected chi connectivity index (χ2v) is 11.4. The molecule has 0 unspecified atom stereocenters. The highest BCUT2D eigenvalue weighted by Gasteiger charge is 2.31. The fourth-order valence-electron chi connectivity index (χ4n) is 4.72. The molecule has 5 rings (SSSR count). The molecular formula is C24H28ClN5O4S. The zero-order valence-electron chi connectivity index (χ0n) is 19.3. The fraction of sp³-hybridized carbons (Fsp3) is 0.458. The van der Waals surface area contributed by atoms with E-state index < -0.39 is 10.0 Å². The van der Waals surface area contributed by atoms with Crippen LogP contribution < -0.4 is 10.9 Å². The van der Waals surface area contributed by atoms with Gasteiger partial charge in [0.2, 0.25) is 10.0 Å². The maximum Gasteiger partial charge on any atom is 0.287 e. The molecule has 0 radical (unpaired) electrons. The lowest BCUT2D eigenvalue weighted by atomic mass is 10.0. The number of pyridine rings is 1. The van der Waals surface area contributed by atoms with E-state index in [4.69, 9.17) is 16.3 Å². The van der Waals surface area contributed by atoms with Gasteiger partial charge < -0.3 is 10.1 Å². The number of halogens is 1. The number of anilines is 1. The number of nitrogens with one attached hydrogen (secondary N) is 1. The fourth-order valence-corrected chi connectivity index (χ4v) is 6.37. The van der Waals surface area contributed by atoms with Crippen LogP contribution in [0.4, 0.5) is 5.69 Å². The van der Waals surface area contributed by atoms with Crippen molar-refractivity contribution in [2.45, 2.75) is 36.6 Å². The summed E-state index contributed by atoms with van der Waals surface area (Å²) in [4.78, 5) is 17.4. The number of ether oxygens (including phenoxy) is 1. The van der Waals surface area contributed by atoms with Crippen molar-refractivity contribution in [2.24, 2.45) is 5.92 Å². The van der Waals surface area contributed by atoms with Crippen molar-refractivity contribution < 1.29 is 13.2 Å². The molecule has 2 fully saturated rings. The van der Waals surface area contributed by atoms with Crippen LogP contribution in [0.5, 0.6) is 0 Å². The van der Waals surface area contributed by atoms with Gasteiger partial charge in [-0.25, -0.2) is 13.1 Å². The van der Waals surface area contributed by atoms with Crippen molar-refractivity contribution in [1.82, 2.24) is 19.1 Å². The molecule has 1 aromatic carbocycles. The summed E-state index contributed by atoms with van der Waals surface area (Å²) in [7, 11) is -3.69. The normalized spacial score (nSPS) is 20.2. The Labute approximate surface area is 209 Å². The topological polar surface area (TPSA) is 106 Å². The van der Waals surface area contributed by atoms with Crippen LogP contribution in [0.15, 0.2) is 52.4 Å². The third kappa shape index (κ3) is 5.06. The van der Waals surface area contributed by atoms with E-state index in [2.05, 4.69) is 15.4 Å². The maximum absolute atomic E-state index is 13.2. The van der Waals surface area contributed by atoms with Crippen LogP contribution in [0.25, 0.3) is 10.9 Å². The van der Waals surface area contributed by atoms with E-state index in [1.165, 1.54) is 15.2 Å². The van der Waals surface area contributed by atoms with Crippen molar-refractivity contribution in [3.05, 3.63) is 58.1 Å². The van der Waals surface area contributed by atoms with E-state index in [-0.39, 0.29) is 34.6 Å². The van der Waals surface area contributed by atoms with Crippen LogP contribution in [-0.4, -0.2) is 60.3 Å². The zero-order valence-corrected chi connectivity index (χ0v) is 20.8. The lowest BCUT2D eigenvalue weighted by Gasteiger charge is -2.31. The SMILES string of the molecule is O=c1c(Cl)c(NC[C@H]2CCCOC2)cnn1C1CCN(S(=O)(=O)c2cnc3ccccc3c2)CC1. The Bertz CT molecular complexity index is 1370. The minimum Gasteiger partial charge on any atom is -0.382 e. The molecule has 0 amide bonds. The van der Waals surface area contributed by atoms with Crippen LogP contribution in [0.3, 0.4) is 0 Å². The van der Waals surface area contributed by atoms with Crippen LogP contribution in [0, 0.1) is 5.92 Å². The zero-order chi connectivity index (χ0) is 24.4. The highest BCUT2D eigenvalue weighted by atomic mass is 35.5. The molecule has 4 heterocycles. The summed E-state index contributed by atoms with van der Waals surface area (Å²) in [6.45, 7) is 2.74. The molecule has 9 nitrogen and oxygen atoms in total. The molecule has 186 valence electrons. The first-order valence-electron chi connectivity index (χ1n) is 11.9. The van der Waals surface area contributed by atoms with Gasteiger partial charge in [0.25, 0.3) is 5.56 Å². The van der Waals surface area contributed by atoms with Gasteiger partial charge in [0, 0.05) is 37.8 Å². The molecule has 0 aliphatic carbocycles. The smallest absolute Gasteiger partial charge is 0.287 e. The van der Waals surface area contributed by atoms with E-state index in [1.807, 2.05) is 24.3 Å². The van der Waals surface area contributed by atoms with Gasteiger partial charge in [0.05, 0.1) is 30.0 Å². The Hall–Kier alpha value is -2.53. The molecule has 35 heavy (non-hydrogen) atoms. The number of para-hydroxylation sites is 1. The van der Waals surface area contributed by atoms with Crippen molar-refractivity contribution >= 4 is 38.2 Å². The maximum atomic E-state index is 13.2. The van der Waals surface area contributed by atoms with Gasteiger partial charge in [0.1, 0.15) is 9.92 Å². The summed E-state index contributed by atoms with van der Waals surface area (Å²) >= 11 is 6.38. The van der Waals surface area contributed by atoms with Gasteiger partial charge in [-0.15, -0.1) is 0 Å². The number of piperidine rings is 1. The lowest BCUT2D eigenvalue weighted by molar-refractivity contribution is 0.0595. The Morgan fingerprint density at radius 1 is 1.14 bits per heavy atom. The van der Waals surface area contributed by atoms with Crippen molar-refractivity contribution in [3.63, 3.8) is 0 Å². The highest BCUT2D eigenvalue weighted by molar-refractivity contribution is 7.89. The van der Waals surface area contributed by atoms with E-state index in [0.29, 0.717) is 37.6 Å². The number of fused-ring (bicyclic) bond motifs is 1. The Morgan fingerprint density at radius 3 is 2.71 bits per heavy atom. The third-order valence-corrected chi connectivity index (χ3v) is 8.98. The molecule has 2 saturated heterocycles. The van der Waals surface area contributed by atoms with Gasteiger partial charge in [-0.1, -0.05) is 29.8 Å². The molecule has 2 aliphatic heterocycles. The molecule has 0 bridgehead atoms. The summed E-state index contributed by atoms with van der Waals surface area (Å²) < 4.78 is 34.7. The highest BCUT2D eigenvalue weighted by Crippen LogP contribution is 2.28. The number of benzene rings is 1. The van der Waals surface area contributed by atoms with E-state index in [0.717, 1.165) is 30.4 Å². The first-order valence-corrected chi connectivity index (χ1v) is 13.7. The van der Waals surface area contributed by atoms with Crippen molar-refractivity contribution in [3.8, 4) is 0 Å². The van der Waals surface area contributed by atoms with Crippen molar-refractivity contribution in [1.29, 1.82) is 0 Å². The predicted molar refractivity (Wildman–Crippen MR) is 134 cm³/mol. The van der Waals surface area contributed by atoms with Gasteiger partial charge in [-0.3, -0.25) is 9.78 Å². The van der Waals surface area contributed by atoms with Gasteiger partial charge in [-0.2, -0.15) is 9.40 Å². The minimum absolute atomic E-state index is 0.106. The molecule has 0 spiro atoms. The standard InChI is InChI=1S/C24H28ClN5O4S/c25-23-22(26-13-17-4-3-11-34-16-17)15-28-30(24(23)31)19-7-9-29(10-8-19)35(32,33)20-12-18-5-1-2-6-21(18)27-14-20/h1-2,5-6,12,14-15,17,19,26H,3-4,7-11,13,16H2/t17-/m1/s1. The summed E-state index contributed by atoms with van der Waals surface area (Å²) in [5.41, 5.74) is 0.899. The molecule has 11 heteroatoms. The van der Waals surface area contributed by atoms with Crippen LogP contribution in [0.1, 0.15) is 31.7 Å². The number of aromatic nitrogens is 3. The Morgan fingerprint density at radius 2 is 1.94 bits per heavy atom. The number of rotatable bonds is 6. The van der Waals surface area contributed by atoms with Crippen LogP contribution in [-0.2, 0) is 14.8 Å². The Balaban J connectivity index is 1.25. The number of hydrogen-bond acceptors (Lipinski definition) is 7. The first kappa shape index (κ1) is 24.2. The molecular weight excluding hydrogens is 490 g/mol. The summed E-state index contributed by atoms with van der Waals surface area (Å²) in [6, 6.07) is 8.84. The van der Waals surface area contributed by atoms with Gasteiger partial charge in [-0.05, 0) is 43.7 Å². The molecule has 1 N–H and O–H groups in total. The van der Waals surface area contributed by atoms with E-state index in [1.54, 1.807) is 12.3 Å². The second-order valence-electron chi connectivity index (χ2n) is 9.08. The quantitative estimate of drug-likeness (QED) is 0.534.